The zero-order chi connectivity index (χ0) is 32.2. The molecule has 1 aliphatic heterocycles. The molecule has 0 fully saturated rings. The van der Waals surface area contributed by atoms with Crippen LogP contribution in [0.3, 0.4) is 0 Å². The number of hydrogen-bond acceptors (Lipinski definition) is 8. The molecule has 0 unspecified atom stereocenters. The maximum absolute atomic E-state index is 13.9. The van der Waals surface area contributed by atoms with Crippen LogP contribution < -0.4 is 10.1 Å². The van der Waals surface area contributed by atoms with Crippen molar-refractivity contribution in [2.24, 2.45) is 5.10 Å². The summed E-state index contributed by atoms with van der Waals surface area (Å²) in [6.45, 7) is 6.26. The Bertz CT molecular complexity index is 1900. The lowest BCUT2D eigenvalue weighted by Crippen LogP contribution is -2.28. The van der Waals surface area contributed by atoms with Crippen LogP contribution in [0.5, 0.6) is 5.75 Å². The summed E-state index contributed by atoms with van der Waals surface area (Å²) in [6, 6.07) is 25.2. The van der Waals surface area contributed by atoms with E-state index in [4.69, 9.17) is 9.84 Å². The first-order valence-corrected chi connectivity index (χ1v) is 16.8. The fourth-order valence-electron chi connectivity index (χ4n) is 5.39. The largest absolute Gasteiger partial charge is 0.496 e. The van der Waals surface area contributed by atoms with E-state index in [2.05, 4.69) is 46.7 Å². The zero-order valence-electron chi connectivity index (χ0n) is 26.1. The standard InChI is InChI=1S/C35H34N6O3S2/c1-22-14-16-25(17-15-22)29-19-27(31-13-8-18-45-31)39-41(29)33(42)21-46-35-38-37-32(40(35)28-11-7-9-23(2)24(28)3)20-36-34(43)26-10-5-6-12-30(26)44-4/h5-18,29H,19-21H2,1-4H3,(H,36,43)/t29-/m1/s1. The Hall–Kier alpha value is -4.74. The minimum absolute atomic E-state index is 0.111. The van der Waals surface area contributed by atoms with Crippen LogP contribution in [0.1, 0.15) is 55.8 Å². The van der Waals surface area contributed by atoms with Crippen molar-refractivity contribution in [1.82, 2.24) is 25.1 Å². The van der Waals surface area contributed by atoms with Crippen molar-refractivity contribution < 1.29 is 14.3 Å². The Kier molecular flexibility index (Phi) is 9.32. The Morgan fingerprint density at radius 3 is 2.54 bits per heavy atom. The van der Waals surface area contributed by atoms with Crippen LogP contribution in [0, 0.1) is 20.8 Å². The highest BCUT2D eigenvalue weighted by atomic mass is 32.2. The molecule has 0 bridgehead atoms. The Morgan fingerprint density at radius 2 is 1.78 bits per heavy atom. The molecule has 5 aromatic rings. The van der Waals surface area contributed by atoms with Gasteiger partial charge >= 0.3 is 0 Å². The summed E-state index contributed by atoms with van der Waals surface area (Å²) < 4.78 is 7.29. The van der Waals surface area contributed by atoms with Gasteiger partial charge in [-0.3, -0.25) is 14.2 Å². The SMILES string of the molecule is COc1ccccc1C(=O)NCc1nnc(SCC(=O)N2N=C(c3cccs3)C[C@@H]2c2ccc(C)cc2)n1-c1cccc(C)c1C. The summed E-state index contributed by atoms with van der Waals surface area (Å²) in [5, 5.41) is 20.9. The number of carbonyl (C=O) groups is 2. The lowest BCUT2D eigenvalue weighted by Gasteiger charge is -2.22. The second-order valence-corrected chi connectivity index (χ2v) is 12.9. The first-order chi connectivity index (χ1) is 22.3. The fourth-order valence-corrected chi connectivity index (χ4v) is 6.92. The first kappa shape index (κ1) is 31.3. The molecule has 1 N–H and O–H groups in total. The van der Waals surface area contributed by atoms with Gasteiger partial charge in [-0.1, -0.05) is 71.9 Å². The molecule has 6 rings (SSSR count). The third kappa shape index (κ3) is 6.47. The Labute approximate surface area is 276 Å². The molecule has 0 spiro atoms. The number of nitrogens with one attached hydrogen (secondary N) is 1. The molecule has 3 heterocycles. The topological polar surface area (TPSA) is 102 Å². The second kappa shape index (κ2) is 13.7. The summed E-state index contributed by atoms with van der Waals surface area (Å²) >= 11 is 2.93. The van der Waals surface area contributed by atoms with Crippen LogP contribution >= 0.6 is 23.1 Å². The molecule has 1 atom stereocenters. The molecule has 11 heteroatoms. The minimum Gasteiger partial charge on any atom is -0.496 e. The molecule has 46 heavy (non-hydrogen) atoms. The first-order valence-electron chi connectivity index (χ1n) is 14.9. The molecular weight excluding hydrogens is 617 g/mol. The van der Waals surface area contributed by atoms with Gasteiger partial charge in [-0.15, -0.1) is 21.5 Å². The number of nitrogens with zero attached hydrogens (tertiary/aromatic N) is 5. The van der Waals surface area contributed by atoms with Crippen molar-refractivity contribution in [2.75, 3.05) is 12.9 Å². The van der Waals surface area contributed by atoms with E-state index in [1.54, 1.807) is 34.5 Å². The predicted molar refractivity (Wildman–Crippen MR) is 182 cm³/mol. The number of amides is 2. The van der Waals surface area contributed by atoms with Gasteiger partial charge in [0.05, 0.1) is 47.3 Å². The highest BCUT2D eigenvalue weighted by Crippen LogP contribution is 2.35. The molecule has 1 aliphatic rings. The van der Waals surface area contributed by atoms with E-state index < -0.39 is 0 Å². The number of thioether (sulfide) groups is 1. The average Bonchev–Trinajstić information content (AvgIpc) is 3.85. The van der Waals surface area contributed by atoms with Crippen molar-refractivity contribution in [2.45, 2.75) is 44.9 Å². The summed E-state index contributed by atoms with van der Waals surface area (Å²) in [4.78, 5) is 28.0. The molecule has 0 saturated carbocycles. The molecule has 234 valence electrons. The number of aromatic nitrogens is 3. The second-order valence-electron chi connectivity index (χ2n) is 11.0. The minimum atomic E-state index is -0.284. The van der Waals surface area contributed by atoms with E-state index in [-0.39, 0.29) is 30.2 Å². The summed E-state index contributed by atoms with van der Waals surface area (Å²) in [6.07, 6.45) is 0.648. The van der Waals surface area contributed by atoms with Crippen molar-refractivity contribution >= 4 is 40.6 Å². The molecule has 0 saturated heterocycles. The zero-order valence-corrected chi connectivity index (χ0v) is 27.7. The smallest absolute Gasteiger partial charge is 0.255 e. The third-order valence-electron chi connectivity index (χ3n) is 8.03. The quantitative estimate of drug-likeness (QED) is 0.170. The number of rotatable bonds is 10. The van der Waals surface area contributed by atoms with Crippen LogP contribution in [-0.2, 0) is 11.3 Å². The Balaban J connectivity index is 1.26. The number of hydrogen-bond donors (Lipinski definition) is 1. The lowest BCUT2D eigenvalue weighted by atomic mass is 10.00. The van der Waals surface area contributed by atoms with E-state index in [9.17, 15) is 9.59 Å². The number of benzene rings is 3. The molecular formula is C35H34N6O3S2. The van der Waals surface area contributed by atoms with E-state index in [0.717, 1.165) is 38.5 Å². The van der Waals surface area contributed by atoms with Gasteiger partial charge in [-0.2, -0.15) is 5.10 Å². The van der Waals surface area contributed by atoms with Gasteiger partial charge in [-0.05, 0) is 67.1 Å². The van der Waals surface area contributed by atoms with Gasteiger partial charge in [0.1, 0.15) is 5.75 Å². The number of methoxy groups -OCH3 is 1. The maximum atomic E-state index is 13.9. The molecule has 0 aliphatic carbocycles. The van der Waals surface area contributed by atoms with Gasteiger partial charge in [0.2, 0.25) is 0 Å². The number of hydrazone groups is 1. The van der Waals surface area contributed by atoms with Crippen LogP contribution in [0.2, 0.25) is 0 Å². The monoisotopic (exact) mass is 650 g/mol. The molecule has 9 nitrogen and oxygen atoms in total. The molecule has 2 amide bonds. The van der Waals surface area contributed by atoms with Gasteiger partial charge in [0.25, 0.3) is 11.8 Å². The van der Waals surface area contributed by atoms with Crippen LogP contribution in [0.25, 0.3) is 5.69 Å². The van der Waals surface area contributed by atoms with E-state index in [0.29, 0.717) is 28.7 Å². The van der Waals surface area contributed by atoms with Crippen LogP contribution in [0.15, 0.2) is 94.5 Å². The van der Waals surface area contributed by atoms with Gasteiger partial charge in [-0.25, -0.2) is 5.01 Å². The number of thiophene rings is 1. The van der Waals surface area contributed by atoms with E-state index in [1.165, 1.54) is 18.9 Å². The van der Waals surface area contributed by atoms with E-state index in [1.807, 2.05) is 60.2 Å². The summed E-state index contributed by atoms with van der Waals surface area (Å²) in [5.74, 6) is 0.738. The molecule has 3 aromatic carbocycles. The van der Waals surface area contributed by atoms with Crippen molar-refractivity contribution in [3.8, 4) is 11.4 Å². The van der Waals surface area contributed by atoms with Gasteiger partial charge in [0.15, 0.2) is 11.0 Å². The van der Waals surface area contributed by atoms with E-state index >= 15 is 0 Å². The Morgan fingerprint density at radius 1 is 0.978 bits per heavy atom. The maximum Gasteiger partial charge on any atom is 0.255 e. The van der Waals surface area contributed by atoms with Crippen LogP contribution in [-0.4, -0.2) is 50.2 Å². The highest BCUT2D eigenvalue weighted by molar-refractivity contribution is 7.99. The number of para-hydroxylation sites is 1. The summed E-state index contributed by atoms with van der Waals surface area (Å²) in [5.41, 5.74) is 6.59. The number of ether oxygens (including phenoxy) is 1. The van der Waals surface area contributed by atoms with Crippen molar-refractivity contribution in [3.05, 3.63) is 123 Å². The van der Waals surface area contributed by atoms with Crippen molar-refractivity contribution in [3.63, 3.8) is 0 Å². The highest BCUT2D eigenvalue weighted by Gasteiger charge is 2.33. The van der Waals surface area contributed by atoms with Crippen LogP contribution in [0.4, 0.5) is 0 Å². The van der Waals surface area contributed by atoms with Crippen molar-refractivity contribution in [1.29, 1.82) is 0 Å². The third-order valence-corrected chi connectivity index (χ3v) is 9.87. The fraction of sp³-hybridized carbons (Fsp3) is 0.229. The predicted octanol–water partition coefficient (Wildman–Crippen LogP) is 6.66. The average molecular weight is 651 g/mol. The normalized spacial score (nSPS) is 14.3. The number of aryl methyl sites for hydroxylation is 2. The number of carbonyl (C=O) groups excluding carboxylic acids is 2. The van der Waals surface area contributed by atoms with Gasteiger partial charge < -0.3 is 10.1 Å². The molecule has 2 aromatic heterocycles. The lowest BCUT2D eigenvalue weighted by molar-refractivity contribution is -0.130. The van der Waals surface area contributed by atoms with Gasteiger partial charge in [0, 0.05) is 6.42 Å². The summed E-state index contributed by atoms with van der Waals surface area (Å²) in [7, 11) is 1.54. The molecule has 0 radical (unpaired) electrons.